The molecule has 130 valence electrons. The lowest BCUT2D eigenvalue weighted by molar-refractivity contribution is -0.122. The molecule has 2 aliphatic rings. The number of nitrogens with zero attached hydrogens (tertiary/aromatic N) is 2. The van der Waals surface area contributed by atoms with Crippen LogP contribution in [0, 0.1) is 11.7 Å². The van der Waals surface area contributed by atoms with Crippen molar-refractivity contribution in [2.45, 2.75) is 32.1 Å². The number of aromatic nitrogens is 1. The molecule has 0 saturated carbocycles. The number of fused-ring (bicyclic) bond motifs is 1. The van der Waals surface area contributed by atoms with Gasteiger partial charge in [-0.3, -0.25) is 9.59 Å². The summed E-state index contributed by atoms with van der Waals surface area (Å²) in [6.45, 7) is 0.307. The molecule has 7 heteroatoms. The molecule has 4 rings (SSSR count). The van der Waals surface area contributed by atoms with E-state index >= 15 is 0 Å². The Hall–Kier alpha value is -2.28. The van der Waals surface area contributed by atoms with Gasteiger partial charge in [0.1, 0.15) is 5.82 Å². The second-order valence-electron chi connectivity index (χ2n) is 6.47. The topological polar surface area (TPSA) is 62.3 Å². The molecule has 1 N–H and O–H groups in total. The van der Waals surface area contributed by atoms with Gasteiger partial charge in [-0.2, -0.15) is 0 Å². The first-order valence-corrected chi connectivity index (χ1v) is 9.27. The maximum atomic E-state index is 13.0. The normalized spacial score (nSPS) is 19.8. The summed E-state index contributed by atoms with van der Waals surface area (Å²) in [6.07, 6.45) is 4.49. The molecule has 1 atom stereocenters. The number of benzene rings is 1. The predicted molar refractivity (Wildman–Crippen MR) is 94.2 cm³/mol. The molecule has 1 aliphatic heterocycles. The second-order valence-corrected chi connectivity index (χ2v) is 7.55. The monoisotopic (exact) mass is 359 g/mol. The van der Waals surface area contributed by atoms with Crippen LogP contribution in [-0.2, 0) is 22.4 Å². The van der Waals surface area contributed by atoms with Crippen molar-refractivity contribution in [1.82, 2.24) is 4.98 Å². The highest BCUT2D eigenvalue weighted by Crippen LogP contribution is 2.31. The molecule has 1 aromatic carbocycles. The first-order valence-electron chi connectivity index (χ1n) is 8.45. The lowest BCUT2D eigenvalue weighted by Gasteiger charge is -2.16. The van der Waals surface area contributed by atoms with Crippen LogP contribution in [0.5, 0.6) is 0 Å². The molecule has 2 heterocycles. The molecule has 0 unspecified atom stereocenters. The van der Waals surface area contributed by atoms with E-state index in [2.05, 4.69) is 10.3 Å². The molecule has 5 nitrogen and oxygen atoms in total. The van der Waals surface area contributed by atoms with Gasteiger partial charge in [-0.1, -0.05) is 0 Å². The number of amides is 2. The first-order chi connectivity index (χ1) is 12.1. The largest absolute Gasteiger partial charge is 0.312 e. The second kappa shape index (κ2) is 6.55. The van der Waals surface area contributed by atoms with E-state index in [1.165, 1.54) is 39.7 Å². The van der Waals surface area contributed by atoms with Crippen LogP contribution in [0.25, 0.3) is 0 Å². The molecule has 0 radical (unpaired) electrons. The Morgan fingerprint density at radius 1 is 1.24 bits per heavy atom. The highest BCUT2D eigenvalue weighted by Gasteiger charge is 2.35. The van der Waals surface area contributed by atoms with Crippen LogP contribution >= 0.6 is 11.3 Å². The lowest BCUT2D eigenvalue weighted by atomic mass is 10.0. The first kappa shape index (κ1) is 16.2. The number of hydrogen-bond acceptors (Lipinski definition) is 4. The Morgan fingerprint density at radius 2 is 2.00 bits per heavy atom. The lowest BCUT2D eigenvalue weighted by Crippen LogP contribution is -2.28. The minimum Gasteiger partial charge on any atom is -0.312 e. The predicted octanol–water partition coefficient (Wildman–Crippen LogP) is 3.15. The molecule has 0 spiro atoms. The van der Waals surface area contributed by atoms with Gasteiger partial charge in [-0.25, -0.2) is 9.37 Å². The summed E-state index contributed by atoms with van der Waals surface area (Å²) >= 11 is 1.54. The van der Waals surface area contributed by atoms with Crippen molar-refractivity contribution in [1.29, 1.82) is 0 Å². The van der Waals surface area contributed by atoms with Gasteiger partial charge in [0.15, 0.2) is 5.13 Å². The SMILES string of the molecule is O=C(Nc1nc2c(s1)CCCC2)[C@@H]1CC(=O)N(c2ccc(F)cc2)C1. The van der Waals surface area contributed by atoms with E-state index in [0.29, 0.717) is 17.4 Å². The van der Waals surface area contributed by atoms with Crippen LogP contribution in [0.3, 0.4) is 0 Å². The molecule has 1 aliphatic carbocycles. The third-order valence-electron chi connectivity index (χ3n) is 4.71. The van der Waals surface area contributed by atoms with Crippen LogP contribution < -0.4 is 10.2 Å². The Morgan fingerprint density at radius 3 is 2.76 bits per heavy atom. The van der Waals surface area contributed by atoms with Crippen molar-refractivity contribution in [2.75, 3.05) is 16.8 Å². The fourth-order valence-electron chi connectivity index (χ4n) is 3.37. The van der Waals surface area contributed by atoms with E-state index in [9.17, 15) is 14.0 Å². The van der Waals surface area contributed by atoms with Crippen molar-refractivity contribution in [3.05, 3.63) is 40.7 Å². The number of aryl methyl sites for hydroxylation is 2. The molecule has 25 heavy (non-hydrogen) atoms. The van der Waals surface area contributed by atoms with Crippen LogP contribution in [-0.4, -0.2) is 23.3 Å². The summed E-state index contributed by atoms with van der Waals surface area (Å²) < 4.78 is 13.0. The molecule has 0 bridgehead atoms. The highest BCUT2D eigenvalue weighted by atomic mass is 32.1. The Labute approximate surface area is 148 Å². The Balaban J connectivity index is 1.43. The summed E-state index contributed by atoms with van der Waals surface area (Å²) in [5.74, 6) is -1.06. The van der Waals surface area contributed by atoms with Crippen molar-refractivity contribution in [3.63, 3.8) is 0 Å². The summed E-state index contributed by atoms with van der Waals surface area (Å²) in [5, 5.41) is 3.50. The molecule has 2 aromatic rings. The smallest absolute Gasteiger partial charge is 0.231 e. The van der Waals surface area contributed by atoms with Gasteiger partial charge in [0.05, 0.1) is 11.6 Å². The van der Waals surface area contributed by atoms with E-state index in [4.69, 9.17) is 0 Å². The van der Waals surface area contributed by atoms with Gasteiger partial charge in [-0.05, 0) is 49.9 Å². The van der Waals surface area contributed by atoms with Gasteiger partial charge in [0.2, 0.25) is 11.8 Å². The number of carbonyl (C=O) groups is 2. The number of anilines is 2. The van der Waals surface area contributed by atoms with Crippen LogP contribution in [0.1, 0.15) is 29.8 Å². The van der Waals surface area contributed by atoms with Crippen molar-refractivity contribution in [3.8, 4) is 0 Å². The molecule has 1 saturated heterocycles. The Kier molecular flexibility index (Phi) is 4.25. The average Bonchev–Trinajstić information content (AvgIpc) is 3.18. The van der Waals surface area contributed by atoms with E-state index in [1.807, 2.05) is 0 Å². The number of carbonyl (C=O) groups excluding carboxylic acids is 2. The van der Waals surface area contributed by atoms with Crippen LogP contribution in [0.2, 0.25) is 0 Å². The minimum absolute atomic E-state index is 0.120. The fourth-order valence-corrected chi connectivity index (χ4v) is 4.42. The number of nitrogens with one attached hydrogen (secondary N) is 1. The maximum Gasteiger partial charge on any atom is 0.231 e. The third-order valence-corrected chi connectivity index (χ3v) is 5.78. The van der Waals surface area contributed by atoms with E-state index < -0.39 is 5.92 Å². The standard InChI is InChI=1S/C18H18FN3O2S/c19-12-5-7-13(8-6-12)22-10-11(9-16(22)23)17(24)21-18-20-14-3-1-2-4-15(14)25-18/h5-8,11H,1-4,9-10H2,(H,20,21,24)/t11-/m1/s1. The van der Waals surface area contributed by atoms with Gasteiger partial charge >= 0.3 is 0 Å². The summed E-state index contributed by atoms with van der Waals surface area (Å²) in [6, 6.07) is 5.75. The van der Waals surface area contributed by atoms with Crippen molar-refractivity contribution >= 4 is 34.0 Å². The van der Waals surface area contributed by atoms with Gasteiger partial charge in [-0.15, -0.1) is 11.3 Å². The molecule has 2 amide bonds. The number of halogens is 1. The Bertz CT molecular complexity index is 795. The summed E-state index contributed by atoms with van der Waals surface area (Å²) in [5.41, 5.74) is 1.72. The van der Waals surface area contributed by atoms with E-state index in [0.717, 1.165) is 25.0 Å². The zero-order valence-electron chi connectivity index (χ0n) is 13.6. The molecule has 1 fully saturated rings. The van der Waals surface area contributed by atoms with Crippen LogP contribution in [0.15, 0.2) is 24.3 Å². The third kappa shape index (κ3) is 3.28. The van der Waals surface area contributed by atoms with Gasteiger partial charge < -0.3 is 10.2 Å². The fraction of sp³-hybridized carbons (Fsp3) is 0.389. The van der Waals surface area contributed by atoms with E-state index in [1.54, 1.807) is 12.1 Å². The van der Waals surface area contributed by atoms with Gasteiger partial charge in [0, 0.05) is 23.5 Å². The number of rotatable bonds is 3. The summed E-state index contributed by atoms with van der Waals surface area (Å²) in [7, 11) is 0. The summed E-state index contributed by atoms with van der Waals surface area (Å²) in [4.78, 5) is 32.1. The number of hydrogen-bond donors (Lipinski definition) is 1. The van der Waals surface area contributed by atoms with Crippen molar-refractivity contribution < 1.29 is 14.0 Å². The van der Waals surface area contributed by atoms with Gasteiger partial charge in [0.25, 0.3) is 0 Å². The quantitative estimate of drug-likeness (QED) is 0.916. The minimum atomic E-state index is -0.418. The van der Waals surface area contributed by atoms with Crippen LogP contribution in [0.4, 0.5) is 15.2 Å². The molecular formula is C18H18FN3O2S. The highest BCUT2D eigenvalue weighted by molar-refractivity contribution is 7.15. The molecule has 1 aromatic heterocycles. The van der Waals surface area contributed by atoms with Crippen molar-refractivity contribution in [2.24, 2.45) is 5.92 Å². The van der Waals surface area contributed by atoms with E-state index in [-0.39, 0.29) is 24.1 Å². The zero-order valence-corrected chi connectivity index (χ0v) is 14.4. The molecular weight excluding hydrogens is 341 g/mol. The average molecular weight is 359 g/mol. The number of thiazole rings is 1. The maximum absolute atomic E-state index is 13.0. The zero-order chi connectivity index (χ0) is 17.4.